The van der Waals surface area contributed by atoms with E-state index in [1.807, 2.05) is 26.8 Å². The molecule has 0 saturated carbocycles. The van der Waals surface area contributed by atoms with E-state index in [4.69, 9.17) is 4.42 Å². The van der Waals surface area contributed by atoms with Crippen molar-refractivity contribution in [1.82, 2.24) is 14.5 Å². The Balaban J connectivity index is 1.79. The number of aromatic amines is 1. The number of hydrogen-bond donors (Lipinski definition) is 1. The zero-order valence-corrected chi connectivity index (χ0v) is 19.5. The number of aryl methyl sites for hydroxylation is 1. The number of sulfone groups is 1. The molecule has 2 aliphatic rings. The normalized spacial score (nSPS) is 23.3. The van der Waals surface area contributed by atoms with Crippen LogP contribution in [0.1, 0.15) is 54.3 Å². The van der Waals surface area contributed by atoms with E-state index in [0.29, 0.717) is 5.69 Å². The van der Waals surface area contributed by atoms with Crippen LogP contribution in [-0.2, 0) is 20.0 Å². The quantitative estimate of drug-likeness (QED) is 0.714. The summed E-state index contributed by atoms with van der Waals surface area (Å²) in [5.74, 6) is -1.05. The molecule has 10 nitrogen and oxygen atoms in total. The van der Waals surface area contributed by atoms with Gasteiger partial charge in [-0.2, -0.15) is 12.7 Å². The predicted octanol–water partition coefficient (Wildman–Crippen LogP) is 1.40. The molecule has 1 saturated heterocycles. The smallest absolute Gasteiger partial charge is 0.390 e. The molecular weight excluding hydrogens is 444 g/mol. The van der Waals surface area contributed by atoms with Gasteiger partial charge in [-0.25, -0.2) is 22.6 Å². The molecule has 1 fully saturated rings. The summed E-state index contributed by atoms with van der Waals surface area (Å²) in [5.41, 5.74) is 3.39. The lowest BCUT2D eigenvalue weighted by Gasteiger charge is -2.36. The van der Waals surface area contributed by atoms with E-state index in [1.165, 1.54) is 14.9 Å². The zero-order valence-electron chi connectivity index (χ0n) is 17.8. The Bertz CT molecular complexity index is 1270. The summed E-state index contributed by atoms with van der Waals surface area (Å²) in [6, 6.07) is 2.80. The van der Waals surface area contributed by atoms with Gasteiger partial charge in [0.15, 0.2) is 0 Å². The molecule has 3 heterocycles. The first-order valence-electron chi connectivity index (χ1n) is 10.1. The first kappa shape index (κ1) is 22.0. The van der Waals surface area contributed by atoms with Crippen molar-refractivity contribution in [2.24, 2.45) is 0 Å². The van der Waals surface area contributed by atoms with E-state index in [1.54, 1.807) is 6.07 Å². The maximum atomic E-state index is 13.8. The number of anilines is 1. The standard InChI is InChI=1S/C19H26N4O6S2/c1-11-5-6-15-16(12(11)2)13(3)17(18-20-21-19(24)29-18)23(15)31(27,28)22-9-7-14(8-10-22)30(4,25)26/h5-6,13-14,17H,7-10H2,1-4H3,(H,21,24). The number of benzene rings is 1. The Kier molecular flexibility index (Phi) is 5.30. The van der Waals surface area contributed by atoms with Crippen molar-refractivity contribution in [3.63, 3.8) is 0 Å². The summed E-state index contributed by atoms with van der Waals surface area (Å²) in [7, 11) is -7.27. The van der Waals surface area contributed by atoms with Crippen molar-refractivity contribution in [2.45, 2.75) is 50.8 Å². The third kappa shape index (κ3) is 3.60. The minimum absolute atomic E-state index is 0.000324. The fourth-order valence-corrected chi connectivity index (χ4v) is 7.62. The molecule has 31 heavy (non-hydrogen) atoms. The molecule has 1 N–H and O–H groups in total. The molecule has 4 rings (SSSR count). The first-order chi connectivity index (χ1) is 14.4. The van der Waals surface area contributed by atoms with Crippen LogP contribution in [0.5, 0.6) is 0 Å². The van der Waals surface area contributed by atoms with E-state index in [0.717, 1.165) is 16.7 Å². The molecule has 1 aromatic heterocycles. The maximum absolute atomic E-state index is 13.8. The van der Waals surface area contributed by atoms with Crippen LogP contribution in [0.25, 0.3) is 0 Å². The number of nitrogens with one attached hydrogen (secondary N) is 1. The second-order valence-electron chi connectivity index (χ2n) is 8.36. The Labute approximate surface area is 181 Å². The number of rotatable bonds is 4. The lowest BCUT2D eigenvalue weighted by atomic mass is 9.91. The van der Waals surface area contributed by atoms with Gasteiger partial charge in [0, 0.05) is 25.3 Å². The molecular formula is C19H26N4O6S2. The van der Waals surface area contributed by atoms with Crippen LogP contribution in [-0.4, -0.2) is 55.9 Å². The number of piperidine rings is 1. The lowest BCUT2D eigenvalue weighted by Crippen LogP contribution is -2.49. The zero-order chi connectivity index (χ0) is 22.7. The average molecular weight is 471 g/mol. The SMILES string of the molecule is Cc1ccc2c(c1C)C(C)C(c1n[nH]c(=O)o1)N2S(=O)(=O)N1CCC(S(C)(=O)=O)CC1. The Morgan fingerprint density at radius 1 is 1.13 bits per heavy atom. The number of fused-ring (bicyclic) bond motifs is 1. The molecule has 2 aliphatic heterocycles. The summed E-state index contributed by atoms with van der Waals surface area (Å²) in [5, 5.41) is 5.60. The lowest BCUT2D eigenvalue weighted by molar-refractivity contribution is 0.339. The van der Waals surface area contributed by atoms with Gasteiger partial charge >= 0.3 is 16.0 Å². The Morgan fingerprint density at radius 2 is 1.77 bits per heavy atom. The van der Waals surface area contributed by atoms with Crippen LogP contribution < -0.4 is 10.1 Å². The highest BCUT2D eigenvalue weighted by Gasteiger charge is 2.49. The van der Waals surface area contributed by atoms with Gasteiger partial charge in [-0.05, 0) is 49.4 Å². The molecule has 0 amide bonds. The van der Waals surface area contributed by atoms with Crippen LogP contribution in [0.2, 0.25) is 0 Å². The van der Waals surface area contributed by atoms with Crippen LogP contribution in [0, 0.1) is 13.8 Å². The summed E-state index contributed by atoms with van der Waals surface area (Å²) >= 11 is 0. The minimum Gasteiger partial charge on any atom is -0.390 e. The summed E-state index contributed by atoms with van der Waals surface area (Å²) in [6.45, 7) is 5.98. The topological polar surface area (TPSA) is 134 Å². The van der Waals surface area contributed by atoms with Crippen LogP contribution in [0.4, 0.5) is 5.69 Å². The number of nitrogens with zero attached hydrogens (tertiary/aromatic N) is 3. The second-order valence-corrected chi connectivity index (χ2v) is 12.5. The molecule has 0 bridgehead atoms. The van der Waals surface area contributed by atoms with Gasteiger partial charge in [-0.15, -0.1) is 5.10 Å². The van der Waals surface area contributed by atoms with Gasteiger partial charge in [0.2, 0.25) is 5.89 Å². The number of aromatic nitrogens is 2. The highest BCUT2D eigenvalue weighted by atomic mass is 32.2. The Morgan fingerprint density at radius 3 is 2.32 bits per heavy atom. The summed E-state index contributed by atoms with van der Waals surface area (Å²) in [4.78, 5) is 11.6. The largest absolute Gasteiger partial charge is 0.434 e. The number of H-pyrrole nitrogens is 1. The van der Waals surface area contributed by atoms with Gasteiger partial charge in [0.1, 0.15) is 15.9 Å². The highest BCUT2D eigenvalue weighted by Crippen LogP contribution is 2.51. The van der Waals surface area contributed by atoms with Gasteiger partial charge in [-0.1, -0.05) is 13.0 Å². The van der Waals surface area contributed by atoms with Crippen molar-refractivity contribution in [3.05, 3.63) is 45.3 Å². The van der Waals surface area contributed by atoms with Gasteiger partial charge in [-0.3, -0.25) is 0 Å². The number of hydrogen-bond acceptors (Lipinski definition) is 7. The summed E-state index contributed by atoms with van der Waals surface area (Å²) < 4.78 is 59.1. The molecule has 0 spiro atoms. The second kappa shape index (κ2) is 7.45. The van der Waals surface area contributed by atoms with E-state index in [2.05, 4.69) is 10.2 Å². The van der Waals surface area contributed by atoms with Crippen LogP contribution >= 0.6 is 0 Å². The average Bonchev–Trinajstić information content (AvgIpc) is 3.25. The van der Waals surface area contributed by atoms with E-state index in [9.17, 15) is 21.6 Å². The Hall–Kier alpha value is -2.18. The molecule has 2 aromatic rings. The third-order valence-corrected chi connectivity index (χ3v) is 10.1. The fraction of sp³-hybridized carbons (Fsp3) is 0.579. The molecule has 12 heteroatoms. The van der Waals surface area contributed by atoms with Gasteiger partial charge in [0.05, 0.1) is 10.9 Å². The molecule has 2 unspecified atom stereocenters. The molecule has 170 valence electrons. The molecule has 2 atom stereocenters. The maximum Gasteiger partial charge on any atom is 0.434 e. The fourth-order valence-electron chi connectivity index (χ4n) is 4.67. The van der Waals surface area contributed by atoms with Crippen molar-refractivity contribution in [2.75, 3.05) is 23.7 Å². The van der Waals surface area contributed by atoms with Crippen molar-refractivity contribution in [3.8, 4) is 0 Å². The monoisotopic (exact) mass is 470 g/mol. The molecule has 0 aliphatic carbocycles. The van der Waals surface area contributed by atoms with E-state index < -0.39 is 37.1 Å². The highest BCUT2D eigenvalue weighted by molar-refractivity contribution is 7.91. The van der Waals surface area contributed by atoms with E-state index >= 15 is 0 Å². The van der Waals surface area contributed by atoms with Crippen molar-refractivity contribution >= 4 is 25.7 Å². The minimum atomic E-state index is -4.04. The first-order valence-corrected chi connectivity index (χ1v) is 13.4. The summed E-state index contributed by atoms with van der Waals surface area (Å²) in [6.07, 6.45) is 1.66. The van der Waals surface area contributed by atoms with Gasteiger partial charge < -0.3 is 4.42 Å². The third-order valence-electron chi connectivity index (χ3n) is 6.47. The van der Waals surface area contributed by atoms with Gasteiger partial charge in [0.25, 0.3) is 0 Å². The van der Waals surface area contributed by atoms with Crippen LogP contribution in [0.15, 0.2) is 21.3 Å². The van der Waals surface area contributed by atoms with Crippen molar-refractivity contribution < 1.29 is 21.3 Å². The molecule has 0 radical (unpaired) electrons. The van der Waals surface area contributed by atoms with E-state index in [-0.39, 0.29) is 37.7 Å². The predicted molar refractivity (Wildman–Crippen MR) is 115 cm³/mol. The van der Waals surface area contributed by atoms with Crippen LogP contribution in [0.3, 0.4) is 0 Å². The van der Waals surface area contributed by atoms with Crippen molar-refractivity contribution in [1.29, 1.82) is 0 Å². The molecule has 1 aromatic carbocycles.